The van der Waals surface area contributed by atoms with Crippen LogP contribution in [0, 0.1) is 5.82 Å². The molecular formula is C27H23FN4O6. The van der Waals surface area contributed by atoms with E-state index in [-0.39, 0.29) is 24.3 Å². The molecule has 0 saturated carbocycles. The molecule has 0 aliphatic heterocycles. The molecule has 3 aromatic carbocycles. The van der Waals surface area contributed by atoms with Crippen LogP contribution in [0.2, 0.25) is 0 Å². The van der Waals surface area contributed by atoms with Gasteiger partial charge >= 0.3 is 12.1 Å². The smallest absolute Gasteiger partial charge is 0.408 e. The average molecular weight is 519 g/mol. The lowest BCUT2D eigenvalue weighted by Crippen LogP contribution is -2.45. The molecule has 10 nitrogen and oxygen atoms in total. The number of amides is 2. The predicted octanol–water partition coefficient (Wildman–Crippen LogP) is 3.36. The molecule has 4 N–H and O–H groups in total. The first-order valence-corrected chi connectivity index (χ1v) is 11.5. The molecule has 11 heteroatoms. The minimum Gasteiger partial charge on any atom is -0.481 e. The maximum Gasteiger partial charge on any atom is 0.408 e. The highest BCUT2D eigenvalue weighted by molar-refractivity contribution is 5.98. The number of nitrogens with zero attached hydrogens (tertiary/aromatic N) is 1. The lowest BCUT2D eigenvalue weighted by Gasteiger charge is -2.17. The van der Waals surface area contributed by atoms with Crippen LogP contribution in [-0.4, -0.2) is 39.3 Å². The molecule has 1 heterocycles. The Morgan fingerprint density at radius 2 is 1.68 bits per heavy atom. The third-order valence-electron chi connectivity index (χ3n) is 5.64. The number of ether oxygens (including phenoxy) is 1. The number of aliphatic carboxylic acids is 1. The van der Waals surface area contributed by atoms with Crippen LogP contribution < -0.4 is 16.2 Å². The summed E-state index contributed by atoms with van der Waals surface area (Å²) in [5, 5.41) is 21.4. The number of carboxylic acid groups (broad SMARTS) is 1. The number of hydrogen-bond acceptors (Lipinski definition) is 6. The van der Waals surface area contributed by atoms with Gasteiger partial charge in [-0.05, 0) is 29.3 Å². The number of H-pyrrole nitrogens is 1. The number of fused-ring (bicyclic) bond motifs is 1. The lowest BCUT2D eigenvalue weighted by atomic mass is 10.0. The Kier molecular flexibility index (Phi) is 8.07. The second-order valence-electron chi connectivity index (χ2n) is 8.38. The standard InChI is InChI=1S/C27H23FN4O6/c28-20-11-10-17(12-21-18-8-4-5-9-19(18)25(35)32-31-21)13-22(20)29-26(36)23(14-24(33)34)30-27(37)38-15-16-6-2-1-3-7-16/h1-11,13,23H,12,14-15H2,(H,29,36)(H,30,37)(H,32,35)(H,33,34)/t23-/m0/s1. The second kappa shape index (κ2) is 11.8. The average Bonchev–Trinajstić information content (AvgIpc) is 2.91. The topological polar surface area (TPSA) is 150 Å². The zero-order valence-corrected chi connectivity index (χ0v) is 19.9. The largest absolute Gasteiger partial charge is 0.481 e. The number of hydrogen-bond donors (Lipinski definition) is 4. The van der Waals surface area contributed by atoms with Crippen LogP contribution in [-0.2, 0) is 27.4 Å². The van der Waals surface area contributed by atoms with Crippen molar-refractivity contribution in [3.63, 3.8) is 0 Å². The molecule has 0 saturated heterocycles. The van der Waals surface area contributed by atoms with E-state index in [1.807, 2.05) is 0 Å². The molecule has 1 atom stereocenters. The predicted molar refractivity (Wildman–Crippen MR) is 136 cm³/mol. The first-order valence-electron chi connectivity index (χ1n) is 11.5. The summed E-state index contributed by atoms with van der Waals surface area (Å²) >= 11 is 0. The minimum absolute atomic E-state index is 0.0851. The van der Waals surface area contributed by atoms with Crippen molar-refractivity contribution in [3.05, 3.63) is 106 Å². The minimum atomic E-state index is -1.52. The maximum atomic E-state index is 14.6. The fourth-order valence-electron chi connectivity index (χ4n) is 3.79. The van der Waals surface area contributed by atoms with Crippen LogP contribution in [0.4, 0.5) is 14.9 Å². The van der Waals surface area contributed by atoms with Crippen molar-refractivity contribution in [1.29, 1.82) is 0 Å². The summed E-state index contributed by atoms with van der Waals surface area (Å²) in [7, 11) is 0. The molecule has 2 amide bonds. The van der Waals surface area contributed by atoms with Gasteiger partial charge in [-0.3, -0.25) is 14.4 Å². The Balaban J connectivity index is 1.47. The number of halogens is 1. The van der Waals surface area contributed by atoms with Crippen LogP contribution in [0.1, 0.15) is 23.2 Å². The Morgan fingerprint density at radius 3 is 2.42 bits per heavy atom. The van der Waals surface area contributed by atoms with Gasteiger partial charge in [-0.15, -0.1) is 0 Å². The van der Waals surface area contributed by atoms with Gasteiger partial charge in [0.1, 0.15) is 18.5 Å². The van der Waals surface area contributed by atoms with Crippen molar-refractivity contribution in [2.75, 3.05) is 5.32 Å². The highest BCUT2D eigenvalue weighted by atomic mass is 19.1. The van der Waals surface area contributed by atoms with Gasteiger partial charge in [-0.25, -0.2) is 14.3 Å². The number of aromatic amines is 1. The Labute approximate surface area is 215 Å². The molecule has 0 aliphatic carbocycles. The maximum absolute atomic E-state index is 14.6. The van der Waals surface area contributed by atoms with E-state index in [0.717, 1.165) is 6.07 Å². The van der Waals surface area contributed by atoms with E-state index in [2.05, 4.69) is 20.8 Å². The lowest BCUT2D eigenvalue weighted by molar-refractivity contribution is -0.139. The third-order valence-corrected chi connectivity index (χ3v) is 5.64. The van der Waals surface area contributed by atoms with E-state index in [1.54, 1.807) is 54.6 Å². The fourth-order valence-corrected chi connectivity index (χ4v) is 3.79. The number of alkyl carbamates (subject to hydrolysis) is 1. The van der Waals surface area contributed by atoms with E-state index in [1.165, 1.54) is 12.1 Å². The summed E-state index contributed by atoms with van der Waals surface area (Å²) in [4.78, 5) is 48.4. The normalized spacial score (nSPS) is 11.5. The highest BCUT2D eigenvalue weighted by Gasteiger charge is 2.25. The van der Waals surface area contributed by atoms with Crippen LogP contribution in [0.3, 0.4) is 0 Å². The summed E-state index contributed by atoms with van der Waals surface area (Å²) in [5.41, 5.74) is 1.25. The summed E-state index contributed by atoms with van der Waals surface area (Å²) < 4.78 is 19.6. The van der Waals surface area contributed by atoms with E-state index >= 15 is 0 Å². The van der Waals surface area contributed by atoms with E-state index in [9.17, 15) is 28.7 Å². The number of nitrogens with one attached hydrogen (secondary N) is 3. The molecule has 4 rings (SSSR count). The molecule has 0 aliphatic rings. The number of benzene rings is 3. The second-order valence-corrected chi connectivity index (χ2v) is 8.38. The fraction of sp³-hybridized carbons (Fsp3) is 0.148. The molecule has 4 aromatic rings. The summed E-state index contributed by atoms with van der Waals surface area (Å²) in [6, 6.07) is 18.2. The van der Waals surface area contributed by atoms with Crippen molar-refractivity contribution in [3.8, 4) is 0 Å². The van der Waals surface area contributed by atoms with Gasteiger partial charge in [0, 0.05) is 11.8 Å². The number of rotatable bonds is 9. The van der Waals surface area contributed by atoms with Gasteiger partial charge in [0.2, 0.25) is 5.91 Å². The van der Waals surface area contributed by atoms with Crippen molar-refractivity contribution in [2.45, 2.75) is 25.5 Å². The quantitative estimate of drug-likeness (QED) is 0.265. The van der Waals surface area contributed by atoms with Crippen LogP contribution in [0.25, 0.3) is 10.8 Å². The molecule has 0 radical (unpaired) electrons. The van der Waals surface area contributed by atoms with Crippen molar-refractivity contribution in [2.24, 2.45) is 0 Å². The number of aromatic nitrogens is 2. The van der Waals surface area contributed by atoms with Gasteiger partial charge in [-0.1, -0.05) is 54.6 Å². The molecule has 0 unspecified atom stereocenters. The van der Waals surface area contributed by atoms with Gasteiger partial charge in [0.05, 0.1) is 23.2 Å². The molecular weight excluding hydrogens is 495 g/mol. The number of carbonyl (C=O) groups is 3. The SMILES string of the molecule is O=C(O)C[C@H](NC(=O)OCc1ccccc1)C(=O)Nc1cc(Cc2n[nH]c(=O)c3ccccc23)ccc1F. The zero-order valence-electron chi connectivity index (χ0n) is 19.9. The molecule has 38 heavy (non-hydrogen) atoms. The molecule has 1 aromatic heterocycles. The van der Waals surface area contributed by atoms with Crippen LogP contribution >= 0.6 is 0 Å². The van der Waals surface area contributed by atoms with Gasteiger partial charge in [-0.2, -0.15) is 5.10 Å². The number of anilines is 1. The van der Waals surface area contributed by atoms with E-state index in [4.69, 9.17) is 4.74 Å². The zero-order chi connectivity index (χ0) is 27.1. The Morgan fingerprint density at radius 1 is 0.974 bits per heavy atom. The van der Waals surface area contributed by atoms with Crippen LogP contribution in [0.5, 0.6) is 0 Å². The summed E-state index contributed by atoms with van der Waals surface area (Å²) in [6.45, 7) is -0.0851. The van der Waals surface area contributed by atoms with E-state index in [0.29, 0.717) is 27.6 Å². The van der Waals surface area contributed by atoms with Gasteiger partial charge < -0.3 is 20.5 Å². The Hall–Kier alpha value is -5.06. The van der Waals surface area contributed by atoms with Crippen molar-refractivity contribution >= 4 is 34.4 Å². The third kappa shape index (κ3) is 6.58. The number of carbonyl (C=O) groups excluding carboxylic acids is 2. The molecule has 194 valence electrons. The number of carboxylic acids is 1. The van der Waals surface area contributed by atoms with Crippen molar-refractivity contribution in [1.82, 2.24) is 15.5 Å². The first kappa shape index (κ1) is 26.0. The Bertz CT molecular complexity index is 1540. The molecule has 0 bridgehead atoms. The van der Waals surface area contributed by atoms with E-state index < -0.39 is 36.2 Å². The summed E-state index contributed by atoms with van der Waals surface area (Å²) in [6.07, 6.45) is -1.54. The monoisotopic (exact) mass is 518 g/mol. The van der Waals surface area contributed by atoms with Gasteiger partial charge in [0.15, 0.2) is 0 Å². The van der Waals surface area contributed by atoms with Gasteiger partial charge in [0.25, 0.3) is 5.56 Å². The first-order chi connectivity index (χ1) is 18.3. The van der Waals surface area contributed by atoms with Crippen molar-refractivity contribution < 1.29 is 28.6 Å². The highest BCUT2D eigenvalue weighted by Crippen LogP contribution is 2.21. The summed E-state index contributed by atoms with van der Waals surface area (Å²) in [5.74, 6) is -3.05. The van der Waals surface area contributed by atoms with Crippen LogP contribution in [0.15, 0.2) is 77.6 Å². The molecule has 0 spiro atoms. The molecule has 0 fully saturated rings.